The molecule has 1 N–H and O–H groups in total. The van der Waals surface area contributed by atoms with Crippen LogP contribution in [0.25, 0.3) is 0 Å². The fourth-order valence-electron chi connectivity index (χ4n) is 2.55. The second kappa shape index (κ2) is 5.03. The standard InChI is InChI=1S/C15H18N2O2/c18-14-9-16-15(19)13(17(14)10-12-6-7-12)8-11-4-2-1-3-5-11/h1-5,12-13H,6-10H2,(H,16,19). The summed E-state index contributed by atoms with van der Waals surface area (Å²) in [5.74, 6) is 0.629. The summed E-state index contributed by atoms with van der Waals surface area (Å²) in [5, 5.41) is 2.70. The van der Waals surface area contributed by atoms with Gasteiger partial charge in [-0.15, -0.1) is 0 Å². The third-order valence-electron chi connectivity index (χ3n) is 3.84. The van der Waals surface area contributed by atoms with Gasteiger partial charge in [-0.25, -0.2) is 0 Å². The molecule has 0 spiro atoms. The summed E-state index contributed by atoms with van der Waals surface area (Å²) < 4.78 is 0. The highest BCUT2D eigenvalue weighted by Gasteiger charge is 2.37. The number of hydrogen-bond acceptors (Lipinski definition) is 2. The molecule has 1 heterocycles. The first-order chi connectivity index (χ1) is 9.24. The van der Waals surface area contributed by atoms with Gasteiger partial charge in [-0.05, 0) is 24.3 Å². The van der Waals surface area contributed by atoms with Crippen LogP contribution in [-0.2, 0) is 16.0 Å². The van der Waals surface area contributed by atoms with Crippen molar-refractivity contribution in [3.8, 4) is 0 Å². The Balaban J connectivity index is 1.77. The van der Waals surface area contributed by atoms with Crippen molar-refractivity contribution < 1.29 is 9.59 Å². The van der Waals surface area contributed by atoms with E-state index in [1.165, 1.54) is 12.8 Å². The van der Waals surface area contributed by atoms with E-state index in [2.05, 4.69) is 5.32 Å². The number of nitrogens with one attached hydrogen (secondary N) is 1. The molecule has 0 bridgehead atoms. The van der Waals surface area contributed by atoms with Gasteiger partial charge in [0.25, 0.3) is 0 Å². The minimum absolute atomic E-state index is 0.0240. The molecule has 4 heteroatoms. The van der Waals surface area contributed by atoms with E-state index < -0.39 is 0 Å². The highest BCUT2D eigenvalue weighted by atomic mass is 16.2. The topological polar surface area (TPSA) is 49.4 Å². The predicted molar refractivity (Wildman–Crippen MR) is 71.4 cm³/mol. The van der Waals surface area contributed by atoms with Crippen LogP contribution < -0.4 is 5.32 Å². The zero-order valence-electron chi connectivity index (χ0n) is 10.8. The molecular formula is C15H18N2O2. The van der Waals surface area contributed by atoms with Crippen molar-refractivity contribution in [2.45, 2.75) is 25.3 Å². The van der Waals surface area contributed by atoms with E-state index in [1.807, 2.05) is 30.3 Å². The maximum Gasteiger partial charge on any atom is 0.243 e. The fraction of sp³-hybridized carbons (Fsp3) is 0.467. The lowest BCUT2D eigenvalue weighted by atomic mass is 10.0. The van der Waals surface area contributed by atoms with Crippen molar-refractivity contribution in [3.63, 3.8) is 0 Å². The third kappa shape index (κ3) is 2.78. The number of benzene rings is 1. The minimum atomic E-state index is -0.343. The van der Waals surface area contributed by atoms with Gasteiger partial charge in [0, 0.05) is 13.0 Å². The average Bonchev–Trinajstić information content (AvgIpc) is 3.23. The maximum atomic E-state index is 12.1. The molecule has 2 fully saturated rings. The molecule has 4 nitrogen and oxygen atoms in total. The van der Waals surface area contributed by atoms with Crippen molar-refractivity contribution in [2.75, 3.05) is 13.1 Å². The van der Waals surface area contributed by atoms with Gasteiger partial charge in [-0.2, -0.15) is 0 Å². The zero-order valence-corrected chi connectivity index (χ0v) is 10.8. The lowest BCUT2D eigenvalue weighted by molar-refractivity contribution is -0.145. The molecule has 2 aliphatic rings. The van der Waals surface area contributed by atoms with E-state index in [0.29, 0.717) is 12.3 Å². The van der Waals surface area contributed by atoms with Crippen molar-refractivity contribution in [1.29, 1.82) is 0 Å². The largest absolute Gasteiger partial charge is 0.345 e. The molecule has 1 unspecified atom stereocenters. The Labute approximate surface area is 112 Å². The van der Waals surface area contributed by atoms with Crippen molar-refractivity contribution >= 4 is 11.8 Å². The lowest BCUT2D eigenvalue weighted by Crippen LogP contribution is -2.59. The van der Waals surface area contributed by atoms with E-state index in [-0.39, 0.29) is 24.4 Å². The quantitative estimate of drug-likeness (QED) is 0.874. The first-order valence-electron chi connectivity index (χ1n) is 6.85. The normalized spacial score (nSPS) is 23.4. The van der Waals surface area contributed by atoms with Gasteiger partial charge >= 0.3 is 0 Å². The van der Waals surface area contributed by atoms with Gasteiger partial charge in [-0.1, -0.05) is 30.3 Å². The van der Waals surface area contributed by atoms with E-state index in [4.69, 9.17) is 0 Å². The summed E-state index contributed by atoms with van der Waals surface area (Å²) in [4.78, 5) is 25.8. The number of hydrogen-bond donors (Lipinski definition) is 1. The molecule has 1 aromatic rings. The van der Waals surface area contributed by atoms with Crippen molar-refractivity contribution in [2.24, 2.45) is 5.92 Å². The van der Waals surface area contributed by atoms with E-state index in [9.17, 15) is 9.59 Å². The number of carbonyl (C=O) groups is 2. The molecule has 1 atom stereocenters. The first-order valence-corrected chi connectivity index (χ1v) is 6.85. The molecule has 3 rings (SSSR count). The van der Waals surface area contributed by atoms with Crippen LogP contribution in [0.3, 0.4) is 0 Å². The monoisotopic (exact) mass is 258 g/mol. The van der Waals surface area contributed by atoms with Gasteiger partial charge in [0.15, 0.2) is 0 Å². The molecule has 19 heavy (non-hydrogen) atoms. The Hall–Kier alpha value is -1.84. The third-order valence-corrected chi connectivity index (χ3v) is 3.84. The Morgan fingerprint density at radius 1 is 1.16 bits per heavy atom. The molecule has 1 saturated heterocycles. The highest BCUT2D eigenvalue weighted by molar-refractivity contribution is 5.95. The molecule has 2 amide bonds. The number of carbonyl (C=O) groups excluding carboxylic acids is 2. The zero-order chi connectivity index (χ0) is 13.2. The summed E-state index contributed by atoms with van der Waals surface area (Å²) in [6.45, 7) is 0.889. The van der Waals surface area contributed by atoms with Gasteiger partial charge in [0.1, 0.15) is 6.04 Å². The summed E-state index contributed by atoms with van der Waals surface area (Å²) in [6.07, 6.45) is 2.97. The summed E-state index contributed by atoms with van der Waals surface area (Å²) in [5.41, 5.74) is 1.10. The smallest absolute Gasteiger partial charge is 0.243 e. The van der Waals surface area contributed by atoms with E-state index in [1.54, 1.807) is 4.90 Å². The Morgan fingerprint density at radius 3 is 2.58 bits per heavy atom. The number of rotatable bonds is 4. The van der Waals surface area contributed by atoms with Crippen LogP contribution in [0.15, 0.2) is 30.3 Å². The van der Waals surface area contributed by atoms with Crippen molar-refractivity contribution in [1.82, 2.24) is 10.2 Å². The molecule has 1 aliphatic heterocycles. The second-order valence-electron chi connectivity index (χ2n) is 5.41. The van der Waals surface area contributed by atoms with Crippen LogP contribution in [-0.4, -0.2) is 35.8 Å². The molecule has 100 valence electrons. The molecule has 0 radical (unpaired) electrons. The van der Waals surface area contributed by atoms with Crippen LogP contribution in [0.1, 0.15) is 18.4 Å². The second-order valence-corrected chi connectivity index (χ2v) is 5.41. The van der Waals surface area contributed by atoms with Crippen LogP contribution in [0, 0.1) is 5.92 Å². The van der Waals surface area contributed by atoms with Crippen LogP contribution >= 0.6 is 0 Å². The summed E-state index contributed by atoms with van der Waals surface area (Å²) in [6, 6.07) is 9.54. The molecule has 0 aromatic heterocycles. The lowest BCUT2D eigenvalue weighted by Gasteiger charge is -2.35. The minimum Gasteiger partial charge on any atom is -0.345 e. The first kappa shape index (κ1) is 12.2. The molecular weight excluding hydrogens is 240 g/mol. The summed E-state index contributed by atoms with van der Waals surface area (Å²) >= 11 is 0. The number of amides is 2. The van der Waals surface area contributed by atoms with Gasteiger partial charge in [-0.3, -0.25) is 9.59 Å². The maximum absolute atomic E-state index is 12.1. The van der Waals surface area contributed by atoms with Crippen molar-refractivity contribution in [3.05, 3.63) is 35.9 Å². The number of nitrogens with zero attached hydrogens (tertiary/aromatic N) is 1. The highest BCUT2D eigenvalue weighted by Crippen LogP contribution is 2.31. The fourth-order valence-corrected chi connectivity index (χ4v) is 2.55. The summed E-state index contributed by atoms with van der Waals surface area (Å²) in [7, 11) is 0. The van der Waals surface area contributed by atoms with Gasteiger partial charge in [0.2, 0.25) is 11.8 Å². The molecule has 1 saturated carbocycles. The number of piperazine rings is 1. The van der Waals surface area contributed by atoms with Crippen LogP contribution in [0.4, 0.5) is 0 Å². The Morgan fingerprint density at radius 2 is 1.89 bits per heavy atom. The van der Waals surface area contributed by atoms with E-state index >= 15 is 0 Å². The van der Waals surface area contributed by atoms with Crippen LogP contribution in [0.5, 0.6) is 0 Å². The van der Waals surface area contributed by atoms with E-state index in [0.717, 1.165) is 12.1 Å². The Bertz CT molecular complexity index is 482. The Kier molecular flexibility index (Phi) is 3.23. The molecule has 1 aromatic carbocycles. The average molecular weight is 258 g/mol. The van der Waals surface area contributed by atoms with Gasteiger partial charge in [0.05, 0.1) is 6.54 Å². The van der Waals surface area contributed by atoms with Crippen LogP contribution in [0.2, 0.25) is 0 Å². The molecule has 1 aliphatic carbocycles. The predicted octanol–water partition coefficient (Wildman–Crippen LogP) is 0.966. The van der Waals surface area contributed by atoms with Gasteiger partial charge < -0.3 is 10.2 Å². The SMILES string of the molecule is O=C1NCC(=O)N(CC2CC2)C1Cc1ccccc1.